The average molecular weight is 670 g/mol. The predicted molar refractivity (Wildman–Crippen MR) is 184 cm³/mol. The molecule has 1 aliphatic heterocycles. The molecule has 0 atom stereocenters. The first-order chi connectivity index (χ1) is 23.7. The second kappa shape index (κ2) is 13.6. The first-order valence-electron chi connectivity index (χ1n) is 15.3. The maximum absolute atomic E-state index is 14.2. The minimum atomic E-state index is -0.882. The molecule has 0 unspecified atom stereocenters. The summed E-state index contributed by atoms with van der Waals surface area (Å²) in [5.74, 6) is 1.84. The molecule has 6 rings (SSSR count). The number of hydrogen-bond acceptors (Lipinski definition) is 12. The van der Waals surface area contributed by atoms with Gasteiger partial charge in [0.05, 0.1) is 58.5 Å². The van der Waals surface area contributed by atoms with Gasteiger partial charge in [-0.15, -0.1) is 0 Å². The molecule has 0 bridgehead atoms. The third-order valence-corrected chi connectivity index (χ3v) is 8.39. The summed E-state index contributed by atoms with van der Waals surface area (Å²) in [6.07, 6.45) is 0.852. The van der Waals surface area contributed by atoms with Gasteiger partial charge in [0, 0.05) is 35.4 Å². The van der Waals surface area contributed by atoms with Crippen molar-refractivity contribution in [3.05, 3.63) is 98.7 Å². The monoisotopic (exact) mass is 669 g/mol. The lowest BCUT2D eigenvalue weighted by Crippen LogP contribution is -2.39. The molecule has 0 radical (unpaired) electrons. The van der Waals surface area contributed by atoms with Gasteiger partial charge in [0.25, 0.3) is 5.69 Å². The smallest absolute Gasteiger partial charge is 0.269 e. The van der Waals surface area contributed by atoms with Crippen LogP contribution >= 0.6 is 0 Å². The number of non-ortho nitro benzene ring substituents is 1. The van der Waals surface area contributed by atoms with E-state index in [2.05, 4.69) is 10.6 Å². The molecule has 254 valence electrons. The predicted octanol–water partition coefficient (Wildman–Crippen LogP) is 6.96. The Morgan fingerprint density at radius 1 is 0.776 bits per heavy atom. The fourth-order valence-corrected chi connectivity index (χ4v) is 6.06. The summed E-state index contributed by atoms with van der Waals surface area (Å²) in [6, 6.07) is 20.7. The zero-order valence-corrected chi connectivity index (χ0v) is 27.6. The summed E-state index contributed by atoms with van der Waals surface area (Å²) in [5, 5.41) is 18.9. The highest BCUT2D eigenvalue weighted by Gasteiger charge is 2.38. The fourth-order valence-electron chi connectivity index (χ4n) is 6.06. The van der Waals surface area contributed by atoms with Crippen molar-refractivity contribution in [3.63, 3.8) is 0 Å². The molecule has 13 nitrogen and oxygen atoms in total. The summed E-state index contributed by atoms with van der Waals surface area (Å²) in [5.41, 5.74) is 1.69. The number of nitro groups is 1. The van der Waals surface area contributed by atoms with Crippen LogP contribution < -0.4 is 44.5 Å². The standard InChI is InChI=1S/C36H35N3O10/c1-43-24-19-27(44-2)31-28(20-24)49-33(21-16-29(45-3)34(47-5)30(17-21)46-4)35(32(31)40)48-15-9-14-36(22-10-8-11-23(18-22)39(41)42)37-25-12-6-7-13-26(25)38-36/h6-8,10-13,16-20,37-38H,9,14-15H2,1-5H3. The molecule has 1 aromatic heterocycles. The van der Waals surface area contributed by atoms with Crippen LogP contribution in [0.5, 0.6) is 34.5 Å². The van der Waals surface area contributed by atoms with Crippen LogP contribution in [0.25, 0.3) is 22.3 Å². The molecule has 0 saturated heterocycles. The maximum atomic E-state index is 14.2. The lowest BCUT2D eigenvalue weighted by Gasteiger charge is -2.31. The van der Waals surface area contributed by atoms with E-state index in [0.717, 1.165) is 11.4 Å². The van der Waals surface area contributed by atoms with Crippen LogP contribution in [0, 0.1) is 10.1 Å². The van der Waals surface area contributed by atoms with E-state index in [1.54, 1.807) is 36.4 Å². The second-order valence-corrected chi connectivity index (χ2v) is 11.2. The molecular formula is C36H35N3O10. The Bertz CT molecular complexity index is 2040. The van der Waals surface area contributed by atoms with Crippen molar-refractivity contribution in [1.82, 2.24) is 0 Å². The quantitative estimate of drug-likeness (QED) is 0.0757. The van der Waals surface area contributed by atoms with Crippen molar-refractivity contribution >= 4 is 28.0 Å². The summed E-state index contributed by atoms with van der Waals surface area (Å²) < 4.78 is 40.3. The van der Waals surface area contributed by atoms with Crippen LogP contribution in [-0.4, -0.2) is 47.1 Å². The third-order valence-electron chi connectivity index (χ3n) is 8.39. The first kappa shape index (κ1) is 32.8. The van der Waals surface area contributed by atoms with E-state index in [1.807, 2.05) is 30.3 Å². The summed E-state index contributed by atoms with van der Waals surface area (Å²) in [6.45, 7) is 0.0859. The Hall–Kier alpha value is -6.11. The number of benzene rings is 4. The van der Waals surface area contributed by atoms with Crippen molar-refractivity contribution in [2.75, 3.05) is 52.8 Å². The van der Waals surface area contributed by atoms with Gasteiger partial charge in [-0.1, -0.05) is 24.3 Å². The van der Waals surface area contributed by atoms with E-state index < -0.39 is 16.0 Å². The Labute approximate surface area is 281 Å². The minimum absolute atomic E-state index is 0.0259. The maximum Gasteiger partial charge on any atom is 0.269 e. The van der Waals surface area contributed by atoms with E-state index in [1.165, 1.54) is 41.6 Å². The Kier molecular flexibility index (Phi) is 9.08. The SMILES string of the molecule is COc1cc(OC)c2c(=O)c(OCCCC3(c4cccc([N+](=O)[O-])c4)Nc4ccccc4N3)c(-c3cc(OC)c(OC)c(OC)c3)oc2c1. The van der Waals surface area contributed by atoms with Crippen LogP contribution in [0.15, 0.2) is 82.0 Å². The van der Waals surface area contributed by atoms with E-state index in [9.17, 15) is 14.9 Å². The van der Waals surface area contributed by atoms with Gasteiger partial charge in [0.2, 0.25) is 16.9 Å². The van der Waals surface area contributed by atoms with Gasteiger partial charge in [-0.3, -0.25) is 14.9 Å². The van der Waals surface area contributed by atoms with Gasteiger partial charge < -0.3 is 43.5 Å². The zero-order chi connectivity index (χ0) is 34.7. The van der Waals surface area contributed by atoms with Crippen LogP contribution in [0.1, 0.15) is 18.4 Å². The molecular weight excluding hydrogens is 634 g/mol. The highest BCUT2D eigenvalue weighted by molar-refractivity contribution is 5.89. The zero-order valence-electron chi connectivity index (χ0n) is 27.6. The van der Waals surface area contributed by atoms with Crippen LogP contribution in [-0.2, 0) is 5.66 Å². The van der Waals surface area contributed by atoms with Gasteiger partial charge in [0.15, 0.2) is 17.3 Å². The number of rotatable bonds is 13. The molecule has 4 aromatic carbocycles. The van der Waals surface area contributed by atoms with Gasteiger partial charge in [0.1, 0.15) is 28.1 Å². The van der Waals surface area contributed by atoms with Crippen LogP contribution in [0.2, 0.25) is 0 Å². The summed E-state index contributed by atoms with van der Waals surface area (Å²) >= 11 is 0. The lowest BCUT2D eigenvalue weighted by molar-refractivity contribution is -0.385. The molecule has 0 aliphatic carbocycles. The molecule has 0 spiro atoms. The number of anilines is 2. The molecule has 5 aromatic rings. The van der Waals surface area contributed by atoms with E-state index >= 15 is 0 Å². The normalized spacial score (nSPS) is 12.8. The number of nitro benzene ring substituents is 1. The molecule has 0 saturated carbocycles. The third kappa shape index (κ3) is 6.06. The summed E-state index contributed by atoms with van der Waals surface area (Å²) in [7, 11) is 7.44. The van der Waals surface area contributed by atoms with Crippen LogP contribution in [0.3, 0.4) is 0 Å². The minimum Gasteiger partial charge on any atom is -0.496 e. The molecule has 1 aliphatic rings. The van der Waals surface area contributed by atoms with E-state index in [0.29, 0.717) is 47.0 Å². The number of methoxy groups -OCH3 is 5. The highest BCUT2D eigenvalue weighted by atomic mass is 16.6. The number of nitrogens with one attached hydrogen (secondary N) is 2. The van der Waals surface area contributed by atoms with Crippen molar-refractivity contribution in [2.45, 2.75) is 18.5 Å². The number of nitrogens with zero attached hydrogens (tertiary/aromatic N) is 1. The number of ether oxygens (including phenoxy) is 6. The van der Waals surface area contributed by atoms with Crippen molar-refractivity contribution < 1.29 is 37.8 Å². The Morgan fingerprint density at radius 2 is 1.45 bits per heavy atom. The van der Waals surface area contributed by atoms with Gasteiger partial charge in [-0.2, -0.15) is 0 Å². The van der Waals surface area contributed by atoms with Crippen molar-refractivity contribution in [3.8, 4) is 45.8 Å². The molecule has 2 N–H and O–H groups in total. The van der Waals surface area contributed by atoms with E-state index in [-0.39, 0.29) is 40.5 Å². The average Bonchev–Trinajstić information content (AvgIpc) is 3.52. The highest BCUT2D eigenvalue weighted by Crippen LogP contribution is 2.45. The number of hydrogen-bond donors (Lipinski definition) is 2. The second-order valence-electron chi connectivity index (χ2n) is 11.2. The number of para-hydroxylation sites is 2. The topological polar surface area (TPSA) is 153 Å². The molecule has 2 heterocycles. The lowest BCUT2D eigenvalue weighted by atomic mass is 9.94. The van der Waals surface area contributed by atoms with Gasteiger partial charge in [-0.05, 0) is 37.1 Å². The van der Waals surface area contributed by atoms with E-state index in [4.69, 9.17) is 32.8 Å². The number of fused-ring (bicyclic) bond motifs is 2. The van der Waals surface area contributed by atoms with Crippen LogP contribution in [0.4, 0.5) is 17.1 Å². The summed E-state index contributed by atoms with van der Waals surface area (Å²) in [4.78, 5) is 25.5. The first-order valence-corrected chi connectivity index (χ1v) is 15.3. The fraction of sp³-hybridized carbons (Fsp3) is 0.250. The largest absolute Gasteiger partial charge is 0.496 e. The molecule has 0 amide bonds. The van der Waals surface area contributed by atoms with Crippen molar-refractivity contribution in [2.24, 2.45) is 0 Å². The Morgan fingerprint density at radius 3 is 2.04 bits per heavy atom. The van der Waals surface area contributed by atoms with Crippen molar-refractivity contribution in [1.29, 1.82) is 0 Å². The molecule has 49 heavy (non-hydrogen) atoms. The van der Waals surface area contributed by atoms with Gasteiger partial charge >= 0.3 is 0 Å². The van der Waals surface area contributed by atoms with Gasteiger partial charge in [-0.25, -0.2) is 0 Å². The Balaban J connectivity index is 1.39. The molecule has 0 fully saturated rings. The molecule has 13 heteroatoms.